The zero-order valence-electron chi connectivity index (χ0n) is 11.3. The van der Waals surface area contributed by atoms with Gasteiger partial charge in [-0.2, -0.15) is 0 Å². The molecular weight excluding hydrogens is 232 g/mol. The third-order valence-corrected chi connectivity index (χ3v) is 2.77. The Labute approximate surface area is 110 Å². The van der Waals surface area contributed by atoms with E-state index in [0.29, 0.717) is 5.41 Å². The van der Waals surface area contributed by atoms with E-state index in [1.165, 1.54) is 11.1 Å². The van der Waals surface area contributed by atoms with Crippen molar-refractivity contribution in [3.8, 4) is 0 Å². The highest BCUT2D eigenvalue weighted by Crippen LogP contribution is 2.23. The molecule has 0 saturated carbocycles. The number of hydrogen-bond donors (Lipinski definition) is 1. The smallest absolute Gasteiger partial charge is 0.0465 e. The van der Waals surface area contributed by atoms with Crippen LogP contribution < -0.4 is 5.32 Å². The lowest BCUT2D eigenvalue weighted by Gasteiger charge is -2.22. The monoisotopic (exact) mass is 254 g/mol. The van der Waals surface area contributed by atoms with Gasteiger partial charge in [0.05, 0.1) is 0 Å². The lowest BCUT2D eigenvalue weighted by atomic mass is 9.90. The number of hydrogen-bond acceptors (Lipinski definition) is 2. The van der Waals surface area contributed by atoms with Crippen molar-refractivity contribution in [2.75, 3.05) is 6.54 Å². The fourth-order valence-electron chi connectivity index (χ4n) is 1.82. The number of pyridine rings is 1. The summed E-state index contributed by atoms with van der Waals surface area (Å²) in [6.07, 6.45) is 4.79. The molecule has 0 aliphatic heterocycles. The van der Waals surface area contributed by atoms with E-state index in [4.69, 9.17) is 11.6 Å². The summed E-state index contributed by atoms with van der Waals surface area (Å²) in [4.78, 5) is 4.17. The summed E-state index contributed by atoms with van der Waals surface area (Å²) in [6.45, 7) is 10.4. The standard InChI is InChI=1S/C14H23ClN2/c1-11-5-12(8-16-7-11)9-17-10-13(15)6-14(2,3)4/h5,7-8,13,17H,6,9-10H2,1-4H3. The number of aryl methyl sites for hydroxylation is 1. The van der Waals surface area contributed by atoms with Crippen LogP contribution >= 0.6 is 11.6 Å². The molecule has 17 heavy (non-hydrogen) atoms. The van der Waals surface area contributed by atoms with E-state index < -0.39 is 0 Å². The topological polar surface area (TPSA) is 24.9 Å². The first-order valence-electron chi connectivity index (χ1n) is 6.12. The lowest BCUT2D eigenvalue weighted by Crippen LogP contribution is -2.26. The van der Waals surface area contributed by atoms with Crippen molar-refractivity contribution in [2.24, 2.45) is 5.41 Å². The van der Waals surface area contributed by atoms with Crippen molar-refractivity contribution in [2.45, 2.75) is 46.0 Å². The molecule has 2 nitrogen and oxygen atoms in total. The normalized spacial score (nSPS) is 13.7. The van der Waals surface area contributed by atoms with Gasteiger partial charge >= 0.3 is 0 Å². The summed E-state index contributed by atoms with van der Waals surface area (Å²) in [5, 5.41) is 3.57. The maximum absolute atomic E-state index is 6.28. The van der Waals surface area contributed by atoms with Gasteiger partial charge < -0.3 is 5.32 Å². The SMILES string of the molecule is Cc1cncc(CNCC(Cl)CC(C)(C)C)c1. The average molecular weight is 255 g/mol. The summed E-state index contributed by atoms with van der Waals surface area (Å²) in [7, 11) is 0. The average Bonchev–Trinajstić information content (AvgIpc) is 2.14. The zero-order valence-corrected chi connectivity index (χ0v) is 12.0. The van der Waals surface area contributed by atoms with Crippen LogP contribution in [0, 0.1) is 12.3 Å². The first-order valence-corrected chi connectivity index (χ1v) is 6.56. The zero-order chi connectivity index (χ0) is 12.9. The summed E-state index contributed by atoms with van der Waals surface area (Å²) >= 11 is 6.28. The number of rotatable bonds is 5. The van der Waals surface area contributed by atoms with Crippen molar-refractivity contribution in [3.05, 3.63) is 29.6 Å². The first kappa shape index (κ1) is 14.5. The second kappa shape index (κ2) is 6.36. The van der Waals surface area contributed by atoms with E-state index in [0.717, 1.165) is 19.5 Å². The van der Waals surface area contributed by atoms with Gasteiger partial charge in [0.25, 0.3) is 0 Å². The molecular formula is C14H23ClN2. The molecule has 1 N–H and O–H groups in total. The summed E-state index contributed by atoms with van der Waals surface area (Å²) in [5.41, 5.74) is 2.70. The van der Waals surface area contributed by atoms with Crippen LogP contribution in [0.3, 0.4) is 0 Å². The molecule has 0 radical (unpaired) electrons. The molecule has 0 saturated heterocycles. The van der Waals surface area contributed by atoms with Crippen LogP contribution in [-0.2, 0) is 6.54 Å². The molecule has 0 amide bonds. The predicted molar refractivity (Wildman–Crippen MR) is 74.4 cm³/mol. The minimum Gasteiger partial charge on any atom is -0.311 e. The van der Waals surface area contributed by atoms with Gasteiger partial charge in [0.2, 0.25) is 0 Å². The molecule has 0 fully saturated rings. The van der Waals surface area contributed by atoms with E-state index in [-0.39, 0.29) is 5.38 Å². The van der Waals surface area contributed by atoms with Gasteiger partial charge in [0.15, 0.2) is 0 Å². The van der Waals surface area contributed by atoms with Crippen molar-refractivity contribution in [1.82, 2.24) is 10.3 Å². The number of halogens is 1. The molecule has 1 aromatic rings. The summed E-state index contributed by atoms with van der Waals surface area (Å²) in [5.74, 6) is 0. The highest BCUT2D eigenvalue weighted by molar-refractivity contribution is 6.20. The Hall–Kier alpha value is -0.600. The minimum absolute atomic E-state index is 0.188. The number of nitrogens with zero attached hydrogens (tertiary/aromatic N) is 1. The number of nitrogens with one attached hydrogen (secondary N) is 1. The van der Waals surface area contributed by atoms with Crippen molar-refractivity contribution < 1.29 is 0 Å². The van der Waals surface area contributed by atoms with Crippen molar-refractivity contribution in [1.29, 1.82) is 0 Å². The quantitative estimate of drug-likeness (QED) is 0.814. The van der Waals surface area contributed by atoms with E-state index in [2.05, 4.69) is 44.1 Å². The molecule has 0 bridgehead atoms. The largest absolute Gasteiger partial charge is 0.311 e. The van der Waals surface area contributed by atoms with Gasteiger partial charge in [-0.15, -0.1) is 11.6 Å². The summed E-state index contributed by atoms with van der Waals surface area (Å²) in [6, 6.07) is 2.15. The maximum Gasteiger partial charge on any atom is 0.0465 e. The van der Waals surface area contributed by atoms with Crippen LogP contribution in [0.4, 0.5) is 0 Å². The molecule has 96 valence electrons. The van der Waals surface area contributed by atoms with E-state index in [9.17, 15) is 0 Å². The Bertz CT molecular complexity index is 344. The maximum atomic E-state index is 6.28. The lowest BCUT2D eigenvalue weighted by molar-refractivity contribution is 0.364. The molecule has 0 aromatic carbocycles. The van der Waals surface area contributed by atoms with Gasteiger partial charge in [-0.3, -0.25) is 4.98 Å². The minimum atomic E-state index is 0.188. The van der Waals surface area contributed by atoms with Gasteiger partial charge in [0, 0.05) is 30.9 Å². The molecule has 1 aromatic heterocycles. The van der Waals surface area contributed by atoms with E-state index in [1.54, 1.807) is 0 Å². The number of alkyl halides is 1. The Morgan fingerprint density at radius 2 is 2.06 bits per heavy atom. The Morgan fingerprint density at radius 3 is 2.65 bits per heavy atom. The van der Waals surface area contributed by atoms with E-state index >= 15 is 0 Å². The predicted octanol–water partition coefficient (Wildman–Crippen LogP) is 3.52. The third-order valence-electron chi connectivity index (χ3n) is 2.46. The van der Waals surface area contributed by atoms with Crippen LogP contribution in [0.15, 0.2) is 18.5 Å². The van der Waals surface area contributed by atoms with Crippen molar-refractivity contribution in [3.63, 3.8) is 0 Å². The molecule has 1 rings (SSSR count). The van der Waals surface area contributed by atoms with Crippen LogP contribution in [0.1, 0.15) is 38.3 Å². The van der Waals surface area contributed by atoms with Crippen LogP contribution in [0.2, 0.25) is 0 Å². The number of aromatic nitrogens is 1. The highest BCUT2D eigenvalue weighted by Gasteiger charge is 2.16. The van der Waals surface area contributed by atoms with Gasteiger partial charge in [0.1, 0.15) is 0 Å². The molecule has 1 unspecified atom stereocenters. The first-order chi connectivity index (χ1) is 7.87. The van der Waals surface area contributed by atoms with E-state index in [1.807, 2.05) is 12.4 Å². The van der Waals surface area contributed by atoms with Crippen LogP contribution in [-0.4, -0.2) is 16.9 Å². The Kier molecular flexibility index (Phi) is 5.41. The molecule has 0 aliphatic rings. The summed E-state index contributed by atoms with van der Waals surface area (Å²) < 4.78 is 0. The highest BCUT2D eigenvalue weighted by atomic mass is 35.5. The third kappa shape index (κ3) is 6.64. The van der Waals surface area contributed by atoms with Gasteiger partial charge in [-0.25, -0.2) is 0 Å². The van der Waals surface area contributed by atoms with Crippen LogP contribution in [0.25, 0.3) is 0 Å². The van der Waals surface area contributed by atoms with Crippen molar-refractivity contribution >= 4 is 11.6 Å². The molecule has 0 spiro atoms. The molecule has 0 aliphatic carbocycles. The van der Waals surface area contributed by atoms with Crippen LogP contribution in [0.5, 0.6) is 0 Å². The van der Waals surface area contributed by atoms with Gasteiger partial charge in [-0.05, 0) is 29.9 Å². The Balaban J connectivity index is 2.28. The Morgan fingerprint density at radius 1 is 1.35 bits per heavy atom. The second-order valence-corrected chi connectivity index (χ2v) is 6.48. The molecule has 1 heterocycles. The second-order valence-electron chi connectivity index (χ2n) is 5.86. The fraction of sp³-hybridized carbons (Fsp3) is 0.643. The molecule has 3 heteroatoms. The molecule has 1 atom stereocenters. The van der Waals surface area contributed by atoms with Gasteiger partial charge in [-0.1, -0.05) is 26.8 Å². The fourth-order valence-corrected chi connectivity index (χ4v) is 2.40.